The Balaban J connectivity index is 2.01. The number of hydrogen-bond acceptors (Lipinski definition) is 3. The molecule has 2 atom stereocenters. The van der Waals surface area contributed by atoms with Crippen LogP contribution in [0.5, 0.6) is 5.75 Å². The fraction of sp³-hybridized carbons (Fsp3) is 0.600. The van der Waals surface area contributed by atoms with Gasteiger partial charge >= 0.3 is 0 Å². The van der Waals surface area contributed by atoms with Gasteiger partial charge in [0.2, 0.25) is 0 Å². The van der Waals surface area contributed by atoms with Crippen LogP contribution in [0, 0.1) is 0 Å². The monoisotopic (exact) mass is 348 g/mol. The van der Waals surface area contributed by atoms with E-state index >= 15 is 0 Å². The second-order valence-corrected chi connectivity index (χ2v) is 12.8. The number of methoxy groups -OCH3 is 1. The maximum absolute atomic E-state index is 6.59. The highest BCUT2D eigenvalue weighted by Crippen LogP contribution is 2.38. The molecule has 0 amide bonds. The lowest BCUT2D eigenvalue weighted by molar-refractivity contribution is -0.0291. The standard InChI is InChI=1S/C20H32O3Si/c1-20(2,3)24(5,6)23-19-13-8-7-12-18(19)22-15-16-10-9-11-17(14-16)21-4/h8-11,13-14,18-19H,7,12,15H2,1-6H3/t18-,19+/m0/s1. The van der Waals surface area contributed by atoms with Gasteiger partial charge in [-0.3, -0.25) is 0 Å². The van der Waals surface area contributed by atoms with Crippen LogP contribution < -0.4 is 4.74 Å². The molecule has 0 radical (unpaired) electrons. The molecule has 0 unspecified atom stereocenters. The highest BCUT2D eigenvalue weighted by molar-refractivity contribution is 6.74. The third kappa shape index (κ3) is 4.95. The van der Waals surface area contributed by atoms with Crippen LogP contribution in [-0.4, -0.2) is 27.6 Å². The van der Waals surface area contributed by atoms with Gasteiger partial charge in [-0.25, -0.2) is 0 Å². The van der Waals surface area contributed by atoms with Crippen molar-refractivity contribution >= 4 is 8.32 Å². The smallest absolute Gasteiger partial charge is 0.193 e. The summed E-state index contributed by atoms with van der Waals surface area (Å²) in [4.78, 5) is 0. The molecule has 4 heteroatoms. The van der Waals surface area contributed by atoms with Crippen molar-refractivity contribution < 1.29 is 13.9 Å². The van der Waals surface area contributed by atoms with Crippen molar-refractivity contribution in [1.29, 1.82) is 0 Å². The molecule has 1 aliphatic rings. The van der Waals surface area contributed by atoms with Crippen LogP contribution in [0.4, 0.5) is 0 Å². The Morgan fingerprint density at radius 3 is 2.62 bits per heavy atom. The molecule has 24 heavy (non-hydrogen) atoms. The Bertz CT molecular complexity index is 560. The van der Waals surface area contributed by atoms with E-state index in [2.05, 4.69) is 52.1 Å². The van der Waals surface area contributed by atoms with Crippen LogP contribution in [0.2, 0.25) is 18.1 Å². The Morgan fingerprint density at radius 2 is 1.96 bits per heavy atom. The van der Waals surface area contributed by atoms with Crippen molar-refractivity contribution in [3.05, 3.63) is 42.0 Å². The first-order chi connectivity index (χ1) is 11.2. The summed E-state index contributed by atoms with van der Waals surface area (Å²) in [6, 6.07) is 8.06. The van der Waals surface area contributed by atoms with Crippen LogP contribution in [0.15, 0.2) is 36.4 Å². The first kappa shape index (κ1) is 19.2. The molecule has 134 valence electrons. The van der Waals surface area contributed by atoms with E-state index in [-0.39, 0.29) is 17.2 Å². The minimum Gasteiger partial charge on any atom is -0.497 e. The lowest BCUT2D eigenvalue weighted by Crippen LogP contribution is -2.47. The lowest BCUT2D eigenvalue weighted by Gasteiger charge is -2.41. The van der Waals surface area contributed by atoms with E-state index < -0.39 is 8.32 Å². The van der Waals surface area contributed by atoms with Crippen molar-refractivity contribution in [2.45, 2.75) is 70.6 Å². The molecule has 0 aromatic heterocycles. The SMILES string of the molecule is COc1cccc(CO[C@H]2CCC=C[C@H]2O[Si](C)(C)C(C)(C)C)c1. The molecule has 1 aromatic rings. The second kappa shape index (κ2) is 7.85. The van der Waals surface area contributed by atoms with E-state index in [0.717, 1.165) is 24.2 Å². The van der Waals surface area contributed by atoms with Crippen molar-refractivity contribution in [3.63, 3.8) is 0 Å². The predicted octanol–water partition coefficient (Wildman–Crippen LogP) is 5.32. The summed E-state index contributed by atoms with van der Waals surface area (Å²) >= 11 is 0. The van der Waals surface area contributed by atoms with Gasteiger partial charge in [0, 0.05) is 0 Å². The molecular weight excluding hydrogens is 316 g/mol. The number of rotatable bonds is 6. The molecule has 2 rings (SSSR count). The van der Waals surface area contributed by atoms with E-state index in [9.17, 15) is 0 Å². The molecule has 0 spiro atoms. The van der Waals surface area contributed by atoms with E-state index in [1.54, 1.807) is 7.11 Å². The molecule has 1 aromatic carbocycles. The zero-order chi connectivity index (χ0) is 17.8. The summed E-state index contributed by atoms with van der Waals surface area (Å²) in [5.74, 6) is 0.869. The van der Waals surface area contributed by atoms with Crippen LogP contribution in [0.3, 0.4) is 0 Å². The number of ether oxygens (including phenoxy) is 2. The zero-order valence-corrected chi connectivity index (χ0v) is 17.0. The highest BCUT2D eigenvalue weighted by atomic mass is 28.4. The van der Waals surface area contributed by atoms with Crippen molar-refractivity contribution in [2.24, 2.45) is 0 Å². The molecular formula is C20H32O3Si. The normalized spacial score (nSPS) is 21.8. The maximum atomic E-state index is 6.59. The Labute approximate surface area is 148 Å². The molecule has 0 bridgehead atoms. The molecule has 0 heterocycles. The summed E-state index contributed by atoms with van der Waals surface area (Å²) in [6.45, 7) is 12.0. The first-order valence-corrected chi connectivity index (χ1v) is 11.7. The molecule has 0 fully saturated rings. The maximum Gasteiger partial charge on any atom is 0.193 e. The average Bonchev–Trinajstić information content (AvgIpc) is 2.53. The quantitative estimate of drug-likeness (QED) is 0.514. The van der Waals surface area contributed by atoms with Crippen LogP contribution >= 0.6 is 0 Å². The van der Waals surface area contributed by atoms with Gasteiger partial charge in [0.1, 0.15) is 5.75 Å². The summed E-state index contributed by atoms with van der Waals surface area (Å²) in [6.07, 6.45) is 6.67. The zero-order valence-electron chi connectivity index (χ0n) is 16.0. The molecule has 3 nitrogen and oxygen atoms in total. The molecule has 0 N–H and O–H groups in total. The third-order valence-electron chi connectivity index (χ3n) is 5.15. The third-order valence-corrected chi connectivity index (χ3v) is 9.62. The fourth-order valence-corrected chi connectivity index (χ4v) is 3.82. The van der Waals surface area contributed by atoms with Crippen LogP contribution in [0.25, 0.3) is 0 Å². The van der Waals surface area contributed by atoms with Gasteiger partial charge in [-0.05, 0) is 48.7 Å². The average molecular weight is 349 g/mol. The van der Waals surface area contributed by atoms with Crippen molar-refractivity contribution in [3.8, 4) is 5.75 Å². The second-order valence-electron chi connectivity index (χ2n) is 8.05. The summed E-state index contributed by atoms with van der Waals surface area (Å²) in [5.41, 5.74) is 1.13. The molecule has 1 aliphatic carbocycles. The van der Waals surface area contributed by atoms with Gasteiger partial charge < -0.3 is 13.9 Å². The fourth-order valence-electron chi connectivity index (χ4n) is 2.55. The van der Waals surface area contributed by atoms with Crippen molar-refractivity contribution in [1.82, 2.24) is 0 Å². The van der Waals surface area contributed by atoms with E-state index in [1.807, 2.05) is 18.2 Å². The number of benzene rings is 1. The van der Waals surface area contributed by atoms with E-state index in [1.165, 1.54) is 0 Å². The molecule has 0 saturated carbocycles. The summed E-state index contributed by atoms with van der Waals surface area (Å²) in [7, 11) is -0.119. The van der Waals surface area contributed by atoms with Gasteiger partial charge in [-0.1, -0.05) is 45.1 Å². The Morgan fingerprint density at radius 1 is 1.21 bits per heavy atom. The highest BCUT2D eigenvalue weighted by Gasteiger charge is 2.40. The van der Waals surface area contributed by atoms with E-state index in [0.29, 0.717) is 6.61 Å². The van der Waals surface area contributed by atoms with Gasteiger partial charge in [0.05, 0.1) is 25.9 Å². The largest absolute Gasteiger partial charge is 0.497 e. The van der Waals surface area contributed by atoms with Gasteiger partial charge in [-0.2, -0.15) is 0 Å². The number of allylic oxidation sites excluding steroid dienone is 1. The Hall–Kier alpha value is -1.10. The van der Waals surface area contributed by atoms with Crippen molar-refractivity contribution in [2.75, 3.05) is 7.11 Å². The summed E-state index contributed by atoms with van der Waals surface area (Å²) in [5, 5.41) is 0.204. The summed E-state index contributed by atoms with van der Waals surface area (Å²) < 4.78 is 18.1. The van der Waals surface area contributed by atoms with Crippen LogP contribution in [-0.2, 0) is 15.8 Å². The molecule has 0 aliphatic heterocycles. The first-order valence-electron chi connectivity index (χ1n) is 8.82. The van der Waals surface area contributed by atoms with Gasteiger partial charge in [0.15, 0.2) is 8.32 Å². The minimum atomic E-state index is -1.81. The van der Waals surface area contributed by atoms with Crippen LogP contribution in [0.1, 0.15) is 39.2 Å². The van der Waals surface area contributed by atoms with E-state index in [4.69, 9.17) is 13.9 Å². The predicted molar refractivity (Wildman–Crippen MR) is 102 cm³/mol. The lowest BCUT2D eigenvalue weighted by atomic mass is 10.0. The number of hydrogen-bond donors (Lipinski definition) is 0. The van der Waals surface area contributed by atoms with Gasteiger partial charge in [0.25, 0.3) is 0 Å². The van der Waals surface area contributed by atoms with Gasteiger partial charge in [-0.15, -0.1) is 0 Å². The minimum absolute atomic E-state index is 0.0604. The Kier molecular flexibility index (Phi) is 6.29. The topological polar surface area (TPSA) is 27.7 Å². The molecule has 0 saturated heterocycles.